The van der Waals surface area contributed by atoms with Crippen LogP contribution in [0.1, 0.15) is 24.2 Å². The van der Waals surface area contributed by atoms with Crippen LogP contribution in [-0.2, 0) is 24.3 Å². The summed E-state index contributed by atoms with van der Waals surface area (Å²) in [5, 5.41) is 2.60. The van der Waals surface area contributed by atoms with Crippen molar-refractivity contribution in [1.82, 2.24) is 4.31 Å². The molecule has 1 N–H and O–H groups in total. The van der Waals surface area contributed by atoms with Crippen LogP contribution in [0, 0.1) is 0 Å². The first kappa shape index (κ1) is 23.0. The van der Waals surface area contributed by atoms with Crippen LogP contribution < -0.4 is 14.8 Å². The van der Waals surface area contributed by atoms with E-state index in [4.69, 9.17) is 18.9 Å². The fraction of sp³-hybridized carbons (Fsp3) is 0.364. The molecular weight excluding hydrogens is 452 g/mol. The third-order valence-electron chi connectivity index (χ3n) is 5.08. The number of amides is 1. The first-order valence-electron chi connectivity index (χ1n) is 10.3. The predicted molar refractivity (Wildman–Crippen MR) is 117 cm³/mol. The molecule has 4 rings (SSSR count). The Hall–Kier alpha value is -3.15. The molecule has 176 valence electrons. The topological polar surface area (TPSA) is 120 Å². The van der Waals surface area contributed by atoms with Crippen molar-refractivity contribution in [1.29, 1.82) is 0 Å². The van der Waals surface area contributed by atoms with Gasteiger partial charge < -0.3 is 24.3 Å². The molecule has 1 amide bonds. The lowest BCUT2D eigenvalue weighted by molar-refractivity contribution is -0.119. The largest absolute Gasteiger partial charge is 0.454 e. The molecule has 1 fully saturated rings. The van der Waals surface area contributed by atoms with Gasteiger partial charge in [-0.1, -0.05) is 6.07 Å². The average molecular weight is 477 g/mol. The molecule has 33 heavy (non-hydrogen) atoms. The second kappa shape index (κ2) is 9.38. The lowest BCUT2D eigenvalue weighted by atomic mass is 10.2. The van der Waals surface area contributed by atoms with E-state index >= 15 is 0 Å². The van der Waals surface area contributed by atoms with Crippen molar-refractivity contribution in [2.45, 2.75) is 31.0 Å². The van der Waals surface area contributed by atoms with Gasteiger partial charge in [0.1, 0.15) is 0 Å². The number of benzene rings is 2. The van der Waals surface area contributed by atoms with Crippen molar-refractivity contribution < 1.29 is 37.0 Å². The zero-order chi connectivity index (χ0) is 23.6. The number of sulfonamides is 1. The molecule has 2 heterocycles. The molecule has 10 nitrogen and oxygen atoms in total. The molecular formula is C22H24N2O8S. The van der Waals surface area contributed by atoms with E-state index in [-0.39, 0.29) is 42.5 Å². The van der Waals surface area contributed by atoms with Gasteiger partial charge in [0.15, 0.2) is 18.1 Å². The first-order valence-corrected chi connectivity index (χ1v) is 11.8. The van der Waals surface area contributed by atoms with Crippen molar-refractivity contribution >= 4 is 27.6 Å². The summed E-state index contributed by atoms with van der Waals surface area (Å²) in [6.07, 6.45) is -0.472. The number of ether oxygens (including phenoxy) is 4. The molecule has 2 aromatic carbocycles. The molecule has 2 aliphatic heterocycles. The molecule has 2 aliphatic rings. The van der Waals surface area contributed by atoms with Gasteiger partial charge in [0.05, 0.1) is 22.7 Å². The van der Waals surface area contributed by atoms with E-state index in [0.29, 0.717) is 17.2 Å². The van der Waals surface area contributed by atoms with Crippen LogP contribution in [0.5, 0.6) is 11.5 Å². The number of hydrogen-bond donors (Lipinski definition) is 1. The van der Waals surface area contributed by atoms with Crippen LogP contribution in [0.3, 0.4) is 0 Å². The second-order valence-electron chi connectivity index (χ2n) is 7.80. The maximum absolute atomic E-state index is 13.0. The molecule has 0 saturated carbocycles. The van der Waals surface area contributed by atoms with E-state index in [1.54, 1.807) is 32.0 Å². The number of nitrogens with zero attached hydrogens (tertiary/aromatic N) is 1. The van der Waals surface area contributed by atoms with Crippen molar-refractivity contribution in [2.75, 3.05) is 31.8 Å². The monoisotopic (exact) mass is 476 g/mol. The number of nitrogens with one attached hydrogen (secondary N) is 1. The zero-order valence-electron chi connectivity index (χ0n) is 18.1. The van der Waals surface area contributed by atoms with E-state index < -0.39 is 28.5 Å². The van der Waals surface area contributed by atoms with Gasteiger partial charge in [-0.2, -0.15) is 4.31 Å². The van der Waals surface area contributed by atoms with Gasteiger partial charge in [-0.15, -0.1) is 0 Å². The van der Waals surface area contributed by atoms with Crippen LogP contribution >= 0.6 is 0 Å². The average Bonchev–Trinajstić information content (AvgIpc) is 3.25. The van der Waals surface area contributed by atoms with Gasteiger partial charge >= 0.3 is 5.97 Å². The Balaban J connectivity index is 1.38. The minimum absolute atomic E-state index is 0.0249. The fourth-order valence-corrected chi connectivity index (χ4v) is 5.28. The number of esters is 1. The maximum Gasteiger partial charge on any atom is 0.338 e. The van der Waals surface area contributed by atoms with Crippen LogP contribution in [-0.4, -0.2) is 63.3 Å². The minimum Gasteiger partial charge on any atom is -0.454 e. The van der Waals surface area contributed by atoms with Crippen LogP contribution in [0.4, 0.5) is 5.69 Å². The van der Waals surface area contributed by atoms with Gasteiger partial charge in [-0.05, 0) is 44.2 Å². The Morgan fingerprint density at radius 3 is 2.55 bits per heavy atom. The maximum atomic E-state index is 13.0. The van der Waals surface area contributed by atoms with Crippen molar-refractivity contribution in [3.63, 3.8) is 0 Å². The lowest BCUT2D eigenvalue weighted by Crippen LogP contribution is -2.48. The van der Waals surface area contributed by atoms with Crippen LogP contribution in [0.15, 0.2) is 47.4 Å². The highest BCUT2D eigenvalue weighted by Gasteiger charge is 2.32. The molecule has 0 radical (unpaired) electrons. The fourth-order valence-electron chi connectivity index (χ4n) is 3.65. The number of hydrogen-bond acceptors (Lipinski definition) is 8. The third kappa shape index (κ3) is 5.27. The third-order valence-corrected chi connectivity index (χ3v) is 6.91. The standard InChI is InChI=1S/C22H24N2O8S/c1-14-10-24(11-15(2)32-14)33(27,28)18-5-3-4-16(8-18)22(26)29-12-21(25)23-17-6-7-19-20(9-17)31-13-30-19/h3-9,14-15H,10-13H2,1-2H3,(H,23,25)/t14-,15-/m0/s1. The second-order valence-corrected chi connectivity index (χ2v) is 9.74. The highest BCUT2D eigenvalue weighted by atomic mass is 32.2. The normalized spacial score (nSPS) is 20.3. The summed E-state index contributed by atoms with van der Waals surface area (Å²) in [6, 6.07) is 10.5. The highest BCUT2D eigenvalue weighted by Crippen LogP contribution is 2.34. The van der Waals surface area contributed by atoms with E-state index in [1.165, 1.54) is 28.6 Å². The number of anilines is 1. The summed E-state index contributed by atoms with van der Waals surface area (Å²) in [4.78, 5) is 24.6. The van der Waals surface area contributed by atoms with Gasteiger partial charge in [0.2, 0.25) is 16.8 Å². The molecule has 0 unspecified atom stereocenters. The van der Waals surface area contributed by atoms with Gasteiger partial charge in [0.25, 0.3) is 5.91 Å². The summed E-state index contributed by atoms with van der Waals surface area (Å²) in [5.41, 5.74) is 0.490. The Labute approximate surface area is 191 Å². The van der Waals surface area contributed by atoms with E-state index in [1.807, 2.05) is 0 Å². The number of carbonyl (C=O) groups is 2. The lowest BCUT2D eigenvalue weighted by Gasteiger charge is -2.34. The summed E-state index contributed by atoms with van der Waals surface area (Å²) < 4.78 is 48.5. The number of morpholine rings is 1. The van der Waals surface area contributed by atoms with Gasteiger partial charge in [-0.25, -0.2) is 13.2 Å². The molecule has 11 heteroatoms. The Morgan fingerprint density at radius 1 is 1.06 bits per heavy atom. The Kier molecular flexibility index (Phi) is 6.54. The molecule has 0 spiro atoms. The molecule has 0 aliphatic carbocycles. The highest BCUT2D eigenvalue weighted by molar-refractivity contribution is 7.89. The quantitative estimate of drug-likeness (QED) is 0.629. The first-order chi connectivity index (χ1) is 15.7. The number of fused-ring (bicyclic) bond motifs is 1. The summed E-state index contributed by atoms with van der Waals surface area (Å²) in [7, 11) is -3.82. The molecule has 0 bridgehead atoms. The predicted octanol–water partition coefficient (Wildman–Crippen LogP) is 2.01. The van der Waals surface area contributed by atoms with E-state index in [9.17, 15) is 18.0 Å². The molecule has 1 saturated heterocycles. The minimum atomic E-state index is -3.82. The van der Waals surface area contributed by atoms with E-state index in [2.05, 4.69) is 5.32 Å². The van der Waals surface area contributed by atoms with Crippen molar-refractivity contribution in [3.05, 3.63) is 48.0 Å². The zero-order valence-corrected chi connectivity index (χ0v) is 19.0. The molecule has 2 aromatic rings. The Bertz CT molecular complexity index is 1160. The summed E-state index contributed by atoms with van der Waals surface area (Å²) in [6.45, 7) is 3.63. The summed E-state index contributed by atoms with van der Waals surface area (Å²) in [5.74, 6) is -0.277. The number of rotatable bonds is 6. The van der Waals surface area contributed by atoms with Gasteiger partial charge in [0, 0.05) is 24.8 Å². The smallest absolute Gasteiger partial charge is 0.338 e. The number of carbonyl (C=O) groups excluding carboxylic acids is 2. The van der Waals surface area contributed by atoms with Crippen molar-refractivity contribution in [2.24, 2.45) is 0 Å². The summed E-state index contributed by atoms with van der Waals surface area (Å²) >= 11 is 0. The molecule has 2 atom stereocenters. The Morgan fingerprint density at radius 2 is 1.79 bits per heavy atom. The van der Waals surface area contributed by atoms with Gasteiger partial charge in [-0.3, -0.25) is 4.79 Å². The SMILES string of the molecule is C[C@H]1CN(S(=O)(=O)c2cccc(C(=O)OCC(=O)Nc3ccc4c(c3)OCO4)c2)C[C@H](C)O1. The van der Waals surface area contributed by atoms with Crippen LogP contribution in [0.25, 0.3) is 0 Å². The molecule has 0 aromatic heterocycles. The van der Waals surface area contributed by atoms with Crippen LogP contribution in [0.2, 0.25) is 0 Å². The van der Waals surface area contributed by atoms with E-state index in [0.717, 1.165) is 0 Å². The van der Waals surface area contributed by atoms with Crippen molar-refractivity contribution in [3.8, 4) is 11.5 Å².